The fourth-order valence-corrected chi connectivity index (χ4v) is 7.20. The second kappa shape index (κ2) is 31.3. The lowest BCUT2D eigenvalue weighted by Crippen LogP contribution is -2.11. The summed E-state index contributed by atoms with van der Waals surface area (Å²) in [5.41, 5.74) is 5.54. The number of halogens is 2. The molecule has 0 radical (unpaired) electrons. The van der Waals surface area contributed by atoms with Crippen molar-refractivity contribution in [2.45, 2.75) is 205 Å². The molecule has 0 atom stereocenters. The number of hydrogen-bond donors (Lipinski definition) is 1. The van der Waals surface area contributed by atoms with Gasteiger partial charge in [-0.05, 0) is 25.6 Å². The highest BCUT2D eigenvalue weighted by Gasteiger charge is 2.19. The van der Waals surface area contributed by atoms with Gasteiger partial charge in [0.25, 0.3) is 0 Å². The molecule has 224 valence electrons. The van der Waals surface area contributed by atoms with Gasteiger partial charge < -0.3 is 5.73 Å². The van der Waals surface area contributed by atoms with E-state index in [2.05, 4.69) is 0 Å². The van der Waals surface area contributed by atoms with Crippen molar-refractivity contribution in [1.29, 1.82) is 0 Å². The number of hydrogen-bond acceptors (Lipinski definition) is 1. The second-order valence-corrected chi connectivity index (χ2v) is 20.4. The molecule has 0 amide bonds. The third kappa shape index (κ3) is 36.8. The molecule has 0 aromatic heterocycles. The highest BCUT2D eigenvalue weighted by atomic mass is 35.7. The monoisotopic (exact) mass is 577 g/mol. The molecular weight excluding hydrogens is 509 g/mol. The van der Waals surface area contributed by atoms with Crippen LogP contribution in [0.3, 0.4) is 0 Å². The Hall–Kier alpha value is 0.757. The topological polar surface area (TPSA) is 26.0 Å². The third-order valence-corrected chi connectivity index (χ3v) is 10.4. The molecular formula is C33H69Cl2NSi. The van der Waals surface area contributed by atoms with Crippen LogP contribution < -0.4 is 5.73 Å². The van der Waals surface area contributed by atoms with Crippen LogP contribution in [-0.4, -0.2) is 13.2 Å². The first-order valence-corrected chi connectivity index (χ1v) is 21.9. The zero-order chi connectivity index (χ0) is 27.1. The molecule has 0 aliphatic rings. The van der Waals surface area contributed by atoms with Gasteiger partial charge in [-0.25, -0.2) is 0 Å². The van der Waals surface area contributed by atoms with Gasteiger partial charge in [0.2, 0.25) is 6.69 Å². The Morgan fingerprint density at radius 3 is 0.649 bits per heavy atom. The van der Waals surface area contributed by atoms with Gasteiger partial charge in [-0.1, -0.05) is 186 Å². The fourth-order valence-electron chi connectivity index (χ4n) is 5.53. The molecule has 1 nitrogen and oxygen atoms in total. The summed E-state index contributed by atoms with van der Waals surface area (Å²) >= 11 is 12.3. The van der Waals surface area contributed by atoms with E-state index in [0.29, 0.717) is 0 Å². The summed E-state index contributed by atoms with van der Waals surface area (Å²) in [5.74, 6) is 0. The number of rotatable bonds is 32. The van der Waals surface area contributed by atoms with Gasteiger partial charge in [-0.2, -0.15) is 0 Å². The van der Waals surface area contributed by atoms with Crippen molar-refractivity contribution in [2.75, 3.05) is 6.54 Å². The normalized spacial score (nSPS) is 12.0. The molecule has 0 spiro atoms. The minimum Gasteiger partial charge on any atom is -0.330 e. The van der Waals surface area contributed by atoms with E-state index in [-0.39, 0.29) is 0 Å². The molecule has 0 unspecified atom stereocenters. The van der Waals surface area contributed by atoms with Crippen LogP contribution >= 0.6 is 22.2 Å². The molecule has 0 fully saturated rings. The third-order valence-electron chi connectivity index (χ3n) is 8.07. The smallest absolute Gasteiger partial charge is 0.248 e. The lowest BCUT2D eigenvalue weighted by atomic mass is 10.0. The predicted octanol–water partition coefficient (Wildman–Crippen LogP) is 13.2. The van der Waals surface area contributed by atoms with E-state index in [0.717, 1.165) is 12.6 Å². The highest BCUT2D eigenvalue weighted by Crippen LogP contribution is 2.23. The first kappa shape index (κ1) is 37.8. The van der Waals surface area contributed by atoms with E-state index in [1.54, 1.807) is 0 Å². The van der Waals surface area contributed by atoms with Gasteiger partial charge in [-0.15, -0.1) is 22.2 Å². The summed E-state index contributed by atoms with van der Waals surface area (Å²) in [6.07, 6.45) is 42.9. The van der Waals surface area contributed by atoms with Crippen molar-refractivity contribution in [3.8, 4) is 0 Å². The van der Waals surface area contributed by atoms with Gasteiger partial charge in [0.05, 0.1) is 0 Å². The Kier molecular flexibility index (Phi) is 31.9. The molecule has 37 heavy (non-hydrogen) atoms. The zero-order valence-electron chi connectivity index (χ0n) is 25.5. The summed E-state index contributed by atoms with van der Waals surface area (Å²) in [4.78, 5) is 0. The zero-order valence-corrected chi connectivity index (χ0v) is 28.0. The van der Waals surface area contributed by atoms with Gasteiger partial charge in [0.1, 0.15) is 0 Å². The molecule has 0 aromatic carbocycles. The maximum atomic E-state index is 6.16. The maximum Gasteiger partial charge on any atom is 0.248 e. The minimum absolute atomic E-state index is 0.871. The molecule has 2 N–H and O–H groups in total. The van der Waals surface area contributed by atoms with Crippen LogP contribution in [0.5, 0.6) is 0 Å². The van der Waals surface area contributed by atoms with Crippen LogP contribution in [-0.2, 0) is 0 Å². The Morgan fingerprint density at radius 1 is 0.324 bits per heavy atom. The maximum absolute atomic E-state index is 6.16. The molecule has 0 heterocycles. The average molecular weight is 579 g/mol. The van der Waals surface area contributed by atoms with Crippen LogP contribution in [0.1, 0.15) is 193 Å². The quantitative estimate of drug-likeness (QED) is 0.0479. The summed E-state index contributed by atoms with van der Waals surface area (Å²) < 4.78 is 0. The first-order chi connectivity index (χ1) is 18.1. The lowest BCUT2D eigenvalue weighted by molar-refractivity contribution is 0.513. The summed E-state index contributed by atoms with van der Waals surface area (Å²) in [6, 6.07) is 1.06. The van der Waals surface area contributed by atoms with Crippen LogP contribution in [0, 0.1) is 0 Å². The van der Waals surface area contributed by atoms with E-state index in [9.17, 15) is 0 Å². The molecule has 0 saturated heterocycles. The fraction of sp³-hybridized carbons (Fsp3) is 1.00. The molecule has 0 bridgehead atoms. The second-order valence-electron chi connectivity index (χ2n) is 12.2. The predicted molar refractivity (Wildman–Crippen MR) is 176 cm³/mol. The van der Waals surface area contributed by atoms with Crippen LogP contribution in [0.4, 0.5) is 0 Å². The van der Waals surface area contributed by atoms with Crippen molar-refractivity contribution in [2.24, 2.45) is 5.73 Å². The summed E-state index contributed by atoms with van der Waals surface area (Å²) in [6.45, 7) is 1.07. The van der Waals surface area contributed by atoms with Crippen molar-refractivity contribution >= 4 is 28.9 Å². The van der Waals surface area contributed by atoms with Crippen molar-refractivity contribution in [3.05, 3.63) is 0 Å². The molecule has 0 aromatic rings. The van der Waals surface area contributed by atoms with E-state index >= 15 is 0 Å². The highest BCUT2D eigenvalue weighted by molar-refractivity contribution is 7.44. The van der Waals surface area contributed by atoms with E-state index in [1.807, 2.05) is 6.55 Å². The Labute approximate surface area is 245 Å². The average Bonchev–Trinajstić information content (AvgIpc) is 2.86. The standard InChI is InChI=1S/C33H69Cl2NSi/c1-37(34,35)33-31-29-27-25-23-21-19-17-15-13-11-9-7-5-3-2-4-6-8-10-12-14-16-18-20-22-24-26-28-30-32-36/h2-33,36H2,1H3. The van der Waals surface area contributed by atoms with Crippen LogP contribution in [0.25, 0.3) is 0 Å². The molecule has 0 aliphatic carbocycles. The first-order valence-electron chi connectivity index (χ1n) is 17.1. The van der Waals surface area contributed by atoms with E-state index in [4.69, 9.17) is 27.9 Å². The lowest BCUT2D eigenvalue weighted by Gasteiger charge is -2.09. The summed E-state index contributed by atoms with van der Waals surface area (Å²) in [5, 5.41) is 0. The van der Waals surface area contributed by atoms with E-state index in [1.165, 1.54) is 193 Å². The molecule has 0 aliphatic heterocycles. The largest absolute Gasteiger partial charge is 0.330 e. The van der Waals surface area contributed by atoms with Crippen LogP contribution in [0.15, 0.2) is 0 Å². The van der Waals surface area contributed by atoms with Gasteiger partial charge in [0, 0.05) is 0 Å². The van der Waals surface area contributed by atoms with Crippen LogP contribution in [0.2, 0.25) is 12.6 Å². The minimum atomic E-state index is -1.84. The van der Waals surface area contributed by atoms with Crippen molar-refractivity contribution < 1.29 is 0 Å². The SMILES string of the molecule is C[Si](Cl)(Cl)CCCCCCCCCCCCCCCCCCCCCCCCCCCCCCCCN. The Balaban J connectivity index is 3.04. The molecule has 0 rings (SSSR count). The van der Waals surface area contributed by atoms with E-state index < -0.39 is 6.69 Å². The van der Waals surface area contributed by atoms with Crippen molar-refractivity contribution in [1.82, 2.24) is 0 Å². The number of unbranched alkanes of at least 4 members (excludes halogenated alkanes) is 29. The van der Waals surface area contributed by atoms with Gasteiger partial charge in [-0.3, -0.25) is 0 Å². The Morgan fingerprint density at radius 2 is 0.486 bits per heavy atom. The number of nitrogens with two attached hydrogens (primary N) is 1. The van der Waals surface area contributed by atoms with Gasteiger partial charge in [0.15, 0.2) is 0 Å². The molecule has 4 heteroatoms. The van der Waals surface area contributed by atoms with Gasteiger partial charge >= 0.3 is 0 Å². The van der Waals surface area contributed by atoms with Crippen molar-refractivity contribution in [3.63, 3.8) is 0 Å². The Bertz CT molecular complexity index is 414. The summed E-state index contributed by atoms with van der Waals surface area (Å²) in [7, 11) is 0. The molecule has 0 saturated carbocycles.